The number of carbonyl (C=O) groups excluding carboxylic acids is 3. The monoisotopic (exact) mass is 478 g/mol. The van der Waals surface area contributed by atoms with Crippen LogP contribution in [0.15, 0.2) is 53.9 Å². The predicted octanol–water partition coefficient (Wildman–Crippen LogP) is 0.446. The van der Waals surface area contributed by atoms with Gasteiger partial charge >= 0.3 is 5.91 Å². The van der Waals surface area contributed by atoms with Gasteiger partial charge in [0.15, 0.2) is 12.4 Å². The van der Waals surface area contributed by atoms with Crippen molar-refractivity contribution in [3.63, 3.8) is 0 Å². The second kappa shape index (κ2) is 13.6. The predicted molar refractivity (Wildman–Crippen MR) is 121 cm³/mol. The molecule has 0 spiro atoms. The third kappa shape index (κ3) is 9.58. The van der Waals surface area contributed by atoms with Crippen LogP contribution in [0.25, 0.3) is 0 Å². The first kappa shape index (κ1) is 27.3. The molecule has 1 aromatic carbocycles. The minimum absolute atomic E-state index is 0. The minimum atomic E-state index is -0.313. The maximum atomic E-state index is 12.4. The number of rotatable bonds is 10. The molecule has 2 rings (SSSR count). The molecule has 0 saturated carbocycles. The Bertz CT molecular complexity index is 963. The van der Waals surface area contributed by atoms with Gasteiger partial charge in [-0.3, -0.25) is 14.4 Å². The van der Waals surface area contributed by atoms with Gasteiger partial charge in [-0.1, -0.05) is 31.5 Å². The SMILES string of the molecule is Cc1cc(Cl)ccc1NC(=O)CC/C(CC(=O)C(C)C)=N\NC(=O)C[n+]1ccccc1.[Cl-]. The number of benzene rings is 1. The summed E-state index contributed by atoms with van der Waals surface area (Å²) in [5.74, 6) is -0.682. The summed E-state index contributed by atoms with van der Waals surface area (Å²) in [4.78, 5) is 36.7. The van der Waals surface area contributed by atoms with Crippen LogP contribution in [0, 0.1) is 12.8 Å². The molecule has 9 heteroatoms. The highest BCUT2D eigenvalue weighted by Gasteiger charge is 2.15. The number of anilines is 1. The number of amides is 2. The number of nitrogens with zero attached hydrogens (tertiary/aromatic N) is 2. The number of ketones is 1. The van der Waals surface area contributed by atoms with Crippen molar-refractivity contribution in [1.82, 2.24) is 5.43 Å². The summed E-state index contributed by atoms with van der Waals surface area (Å²) in [6, 6.07) is 10.7. The number of hydrogen-bond acceptors (Lipinski definition) is 4. The largest absolute Gasteiger partial charge is 1.00 e. The maximum Gasteiger partial charge on any atom is 0.305 e. The molecule has 2 N–H and O–H groups in total. The minimum Gasteiger partial charge on any atom is -1.00 e. The van der Waals surface area contributed by atoms with Crippen LogP contribution in [0.5, 0.6) is 0 Å². The standard InChI is InChI=1S/C23H27ClN4O3.ClH/c1-16(2)21(29)14-19(26-27-23(31)15-28-11-5-4-6-12-28)8-10-22(30)25-20-9-7-18(24)13-17(20)3;/h4-7,9,11-13,16H,8,10,14-15H2,1-3H3,(H-,25,27,30,31);1H/b26-19+;. The van der Waals surface area contributed by atoms with Crippen molar-refractivity contribution in [2.24, 2.45) is 11.0 Å². The highest BCUT2D eigenvalue weighted by Crippen LogP contribution is 2.20. The van der Waals surface area contributed by atoms with E-state index >= 15 is 0 Å². The lowest BCUT2D eigenvalue weighted by molar-refractivity contribution is -0.684. The topological polar surface area (TPSA) is 91.5 Å². The summed E-state index contributed by atoms with van der Waals surface area (Å²) in [7, 11) is 0. The highest BCUT2D eigenvalue weighted by molar-refractivity contribution is 6.30. The van der Waals surface area contributed by atoms with Gasteiger partial charge in [0.05, 0.1) is 0 Å². The lowest BCUT2D eigenvalue weighted by Crippen LogP contribution is -3.00. The number of halogens is 2. The van der Waals surface area contributed by atoms with Gasteiger partial charge in [-0.2, -0.15) is 9.67 Å². The molecule has 0 fully saturated rings. The Balaban J connectivity index is 0.00000512. The lowest BCUT2D eigenvalue weighted by atomic mass is 10.0. The Morgan fingerprint density at radius 2 is 1.75 bits per heavy atom. The number of hydrogen-bond donors (Lipinski definition) is 2. The maximum absolute atomic E-state index is 12.4. The van der Waals surface area contributed by atoms with E-state index in [1.54, 1.807) is 49.0 Å². The first-order valence-electron chi connectivity index (χ1n) is 10.1. The number of aryl methyl sites for hydroxylation is 1. The molecule has 32 heavy (non-hydrogen) atoms. The summed E-state index contributed by atoms with van der Waals surface area (Å²) >= 11 is 5.95. The molecule has 0 aliphatic carbocycles. The van der Waals surface area contributed by atoms with Crippen LogP contribution in [0.2, 0.25) is 5.02 Å². The first-order chi connectivity index (χ1) is 14.7. The fraction of sp³-hybridized carbons (Fsp3) is 0.348. The Morgan fingerprint density at radius 1 is 1.06 bits per heavy atom. The van der Waals surface area contributed by atoms with Crippen molar-refractivity contribution in [2.45, 2.75) is 46.6 Å². The second-order valence-corrected chi connectivity index (χ2v) is 8.00. The highest BCUT2D eigenvalue weighted by atomic mass is 35.5. The molecule has 0 unspecified atom stereocenters. The van der Waals surface area contributed by atoms with E-state index in [2.05, 4.69) is 15.8 Å². The van der Waals surface area contributed by atoms with Crippen LogP contribution < -0.4 is 27.7 Å². The molecule has 0 atom stereocenters. The van der Waals surface area contributed by atoms with Crippen LogP contribution in [-0.2, 0) is 20.9 Å². The molecule has 7 nitrogen and oxygen atoms in total. The lowest BCUT2D eigenvalue weighted by Gasteiger charge is -2.10. The fourth-order valence-electron chi connectivity index (χ4n) is 2.71. The van der Waals surface area contributed by atoms with Crippen molar-refractivity contribution in [1.29, 1.82) is 0 Å². The molecule has 0 saturated heterocycles. The third-order valence-corrected chi connectivity index (χ3v) is 4.80. The number of carbonyl (C=O) groups is 3. The second-order valence-electron chi connectivity index (χ2n) is 7.57. The molecule has 0 bridgehead atoms. The Morgan fingerprint density at radius 3 is 2.38 bits per heavy atom. The Hall–Kier alpha value is -2.77. The number of hydrazone groups is 1. The summed E-state index contributed by atoms with van der Waals surface area (Å²) in [5.41, 5.74) is 4.50. The van der Waals surface area contributed by atoms with E-state index < -0.39 is 0 Å². The average Bonchev–Trinajstić information content (AvgIpc) is 2.72. The molecule has 2 aromatic rings. The smallest absolute Gasteiger partial charge is 0.305 e. The van der Waals surface area contributed by atoms with Crippen LogP contribution in [-0.4, -0.2) is 23.3 Å². The van der Waals surface area contributed by atoms with Crippen molar-refractivity contribution < 1.29 is 31.4 Å². The summed E-state index contributed by atoms with van der Waals surface area (Å²) in [6.07, 6.45) is 4.03. The van der Waals surface area contributed by atoms with Crippen LogP contribution in [0.4, 0.5) is 5.69 Å². The van der Waals surface area contributed by atoms with E-state index in [1.807, 2.05) is 25.1 Å². The van der Waals surface area contributed by atoms with Crippen molar-refractivity contribution in [3.05, 3.63) is 59.4 Å². The molecule has 0 aliphatic rings. The summed E-state index contributed by atoms with van der Waals surface area (Å²) in [6.45, 7) is 5.57. The van der Waals surface area contributed by atoms with Crippen molar-refractivity contribution in [2.75, 3.05) is 5.32 Å². The molecular weight excluding hydrogens is 451 g/mol. The van der Waals surface area contributed by atoms with E-state index in [-0.39, 0.29) is 61.7 Å². The van der Waals surface area contributed by atoms with Gasteiger partial charge in [0.2, 0.25) is 12.5 Å². The van der Waals surface area contributed by atoms with Crippen molar-refractivity contribution >= 4 is 40.6 Å². The van der Waals surface area contributed by atoms with Crippen LogP contribution >= 0.6 is 11.6 Å². The average molecular weight is 479 g/mol. The van der Waals surface area contributed by atoms with Gasteiger partial charge in [0, 0.05) is 47.3 Å². The number of Topliss-reactive ketones (excluding diaryl/α,β-unsaturated/α-hetero) is 1. The summed E-state index contributed by atoms with van der Waals surface area (Å²) < 4.78 is 1.71. The van der Waals surface area contributed by atoms with Gasteiger partial charge in [0.25, 0.3) is 0 Å². The zero-order valence-electron chi connectivity index (χ0n) is 18.4. The molecule has 2 amide bonds. The molecule has 172 valence electrons. The molecule has 0 aliphatic heterocycles. The fourth-order valence-corrected chi connectivity index (χ4v) is 2.94. The molecule has 1 heterocycles. The van der Waals surface area contributed by atoms with E-state index in [4.69, 9.17) is 11.6 Å². The molecule has 0 radical (unpaired) electrons. The summed E-state index contributed by atoms with van der Waals surface area (Å²) in [5, 5.41) is 7.57. The van der Waals surface area contributed by atoms with Crippen molar-refractivity contribution in [3.8, 4) is 0 Å². The van der Waals surface area contributed by atoms with Gasteiger partial charge < -0.3 is 17.7 Å². The van der Waals surface area contributed by atoms with E-state index in [9.17, 15) is 14.4 Å². The molecular formula is C23H28Cl2N4O3. The number of pyridine rings is 1. The molecule has 1 aromatic heterocycles. The van der Waals surface area contributed by atoms with Gasteiger partial charge in [0.1, 0.15) is 5.78 Å². The normalized spacial score (nSPS) is 11.0. The van der Waals surface area contributed by atoms with E-state index in [0.29, 0.717) is 16.4 Å². The van der Waals surface area contributed by atoms with Crippen LogP contribution in [0.3, 0.4) is 0 Å². The van der Waals surface area contributed by atoms with E-state index in [0.717, 1.165) is 5.56 Å². The zero-order valence-corrected chi connectivity index (χ0v) is 19.9. The zero-order chi connectivity index (χ0) is 22.8. The van der Waals surface area contributed by atoms with Crippen LogP contribution in [0.1, 0.15) is 38.7 Å². The third-order valence-electron chi connectivity index (χ3n) is 4.57. The number of aromatic nitrogens is 1. The van der Waals surface area contributed by atoms with Gasteiger partial charge in [-0.25, -0.2) is 5.43 Å². The van der Waals surface area contributed by atoms with Gasteiger partial charge in [-0.05, 0) is 37.1 Å². The Labute approximate surface area is 199 Å². The Kier molecular flexibility index (Phi) is 11.6. The number of nitrogens with one attached hydrogen (secondary N) is 2. The van der Waals surface area contributed by atoms with E-state index in [1.165, 1.54) is 0 Å². The van der Waals surface area contributed by atoms with Gasteiger partial charge in [-0.15, -0.1) is 0 Å². The quantitative estimate of drug-likeness (QED) is 0.295. The first-order valence-corrected chi connectivity index (χ1v) is 10.5.